The summed E-state index contributed by atoms with van der Waals surface area (Å²) in [6.45, 7) is 0.648. The molecule has 0 unspecified atom stereocenters. The number of hydrogen-bond donors (Lipinski definition) is 1. The van der Waals surface area contributed by atoms with Crippen LogP contribution in [0.25, 0.3) is 0 Å². The van der Waals surface area contributed by atoms with Crippen LogP contribution in [-0.4, -0.2) is 15.7 Å². The molecule has 0 aliphatic rings. The van der Waals surface area contributed by atoms with E-state index in [0.717, 1.165) is 5.56 Å². The zero-order valence-electron chi connectivity index (χ0n) is 16.0. The van der Waals surface area contributed by atoms with Crippen molar-refractivity contribution in [2.45, 2.75) is 13.2 Å². The summed E-state index contributed by atoms with van der Waals surface area (Å²) in [7, 11) is 0. The van der Waals surface area contributed by atoms with E-state index in [1.807, 2.05) is 30.3 Å². The van der Waals surface area contributed by atoms with Crippen LogP contribution < -0.4 is 10.1 Å². The first-order valence-electron chi connectivity index (χ1n) is 9.23. The minimum atomic E-state index is -0.418. The number of hydrogen-bond acceptors (Lipinski definition) is 4. The Labute approximate surface area is 193 Å². The molecule has 2 aromatic heterocycles. The van der Waals surface area contributed by atoms with E-state index < -0.39 is 5.91 Å². The number of nitrogens with one attached hydrogen (secondary N) is 1. The van der Waals surface area contributed by atoms with Crippen LogP contribution in [0.1, 0.15) is 21.9 Å². The number of carbonyl (C=O) groups excluding carboxylic acids is 1. The monoisotopic (exact) mass is 475 g/mol. The molecule has 0 saturated carbocycles. The van der Waals surface area contributed by atoms with Gasteiger partial charge < -0.3 is 14.5 Å². The molecular weight excluding hydrogens is 461 g/mol. The third-order valence-corrected chi connectivity index (χ3v) is 5.06. The average molecular weight is 477 g/mol. The highest BCUT2D eigenvalue weighted by Crippen LogP contribution is 2.36. The standard InChI is InChI=1S/C22H16Cl3N3O3/c23-15-10-17(24)21(18(25)11-15)30-13-16-6-7-19(31-16)22(29)26-20-8-9-28(27-20)12-14-4-2-1-3-5-14/h1-11H,12-13H2,(H,26,27,29). The Morgan fingerprint density at radius 2 is 1.77 bits per heavy atom. The lowest BCUT2D eigenvalue weighted by Gasteiger charge is -2.09. The predicted octanol–water partition coefficient (Wildman–Crippen LogP) is 6.32. The molecule has 0 aliphatic heterocycles. The first kappa shape index (κ1) is 21.3. The molecule has 158 valence electrons. The van der Waals surface area contributed by atoms with Gasteiger partial charge in [-0.25, -0.2) is 0 Å². The smallest absolute Gasteiger partial charge is 0.292 e. The maximum Gasteiger partial charge on any atom is 0.292 e. The summed E-state index contributed by atoms with van der Waals surface area (Å²) in [5, 5.41) is 8.05. The first-order chi connectivity index (χ1) is 15.0. The second-order valence-corrected chi connectivity index (χ2v) is 7.84. The van der Waals surface area contributed by atoms with Crippen molar-refractivity contribution < 1.29 is 13.9 Å². The first-order valence-corrected chi connectivity index (χ1v) is 10.4. The van der Waals surface area contributed by atoms with Crippen LogP contribution in [0.4, 0.5) is 5.82 Å². The third kappa shape index (κ3) is 5.41. The maximum absolute atomic E-state index is 12.5. The molecule has 1 amide bonds. The second kappa shape index (κ2) is 9.47. The molecule has 4 rings (SSSR count). The van der Waals surface area contributed by atoms with Gasteiger partial charge in [0, 0.05) is 17.3 Å². The number of anilines is 1. The normalized spacial score (nSPS) is 10.8. The molecule has 6 nitrogen and oxygen atoms in total. The summed E-state index contributed by atoms with van der Waals surface area (Å²) < 4.78 is 12.9. The number of benzene rings is 2. The van der Waals surface area contributed by atoms with Gasteiger partial charge in [0.2, 0.25) is 0 Å². The molecule has 0 radical (unpaired) electrons. The van der Waals surface area contributed by atoms with E-state index in [1.165, 1.54) is 12.1 Å². The number of amides is 1. The van der Waals surface area contributed by atoms with E-state index in [9.17, 15) is 4.79 Å². The molecule has 1 N–H and O–H groups in total. The summed E-state index contributed by atoms with van der Waals surface area (Å²) >= 11 is 18.1. The molecule has 0 spiro atoms. The lowest BCUT2D eigenvalue weighted by molar-refractivity contribution is 0.0992. The number of aromatic nitrogens is 2. The molecule has 4 aromatic rings. The van der Waals surface area contributed by atoms with Crippen LogP contribution in [0.15, 0.2) is 71.3 Å². The van der Waals surface area contributed by atoms with Gasteiger partial charge in [0.25, 0.3) is 5.91 Å². The molecule has 0 atom stereocenters. The molecule has 31 heavy (non-hydrogen) atoms. The predicted molar refractivity (Wildman–Crippen MR) is 120 cm³/mol. The van der Waals surface area contributed by atoms with E-state index in [1.54, 1.807) is 29.1 Å². The highest BCUT2D eigenvalue weighted by atomic mass is 35.5. The number of halogens is 3. The maximum atomic E-state index is 12.5. The van der Waals surface area contributed by atoms with Crippen molar-refractivity contribution in [3.8, 4) is 5.75 Å². The lowest BCUT2D eigenvalue weighted by Crippen LogP contribution is -2.12. The number of furan rings is 1. The summed E-state index contributed by atoms with van der Waals surface area (Å²) in [6, 6.07) is 17.9. The number of ether oxygens (including phenoxy) is 1. The van der Waals surface area contributed by atoms with Gasteiger partial charge in [-0.2, -0.15) is 5.10 Å². The fraction of sp³-hybridized carbons (Fsp3) is 0.0909. The number of carbonyl (C=O) groups is 1. The minimum absolute atomic E-state index is 0.0417. The van der Waals surface area contributed by atoms with Gasteiger partial charge >= 0.3 is 0 Å². The van der Waals surface area contributed by atoms with Crippen molar-refractivity contribution in [3.05, 3.63) is 99.0 Å². The zero-order valence-corrected chi connectivity index (χ0v) is 18.3. The van der Waals surface area contributed by atoms with Crippen LogP contribution >= 0.6 is 34.8 Å². The Kier molecular flexibility index (Phi) is 6.51. The fourth-order valence-electron chi connectivity index (χ4n) is 2.85. The Balaban J connectivity index is 1.35. The van der Waals surface area contributed by atoms with Gasteiger partial charge in [-0.05, 0) is 29.8 Å². The molecule has 2 aromatic carbocycles. The van der Waals surface area contributed by atoms with E-state index in [2.05, 4.69) is 10.4 Å². The minimum Gasteiger partial charge on any atom is -0.483 e. The van der Waals surface area contributed by atoms with Crippen LogP contribution in [0.5, 0.6) is 5.75 Å². The summed E-state index contributed by atoms with van der Waals surface area (Å²) in [4.78, 5) is 12.5. The Morgan fingerprint density at radius 1 is 1.03 bits per heavy atom. The van der Waals surface area contributed by atoms with E-state index in [-0.39, 0.29) is 22.4 Å². The van der Waals surface area contributed by atoms with Gasteiger partial charge in [-0.15, -0.1) is 0 Å². The van der Waals surface area contributed by atoms with Gasteiger partial charge in [-0.1, -0.05) is 65.1 Å². The topological polar surface area (TPSA) is 69.3 Å². The summed E-state index contributed by atoms with van der Waals surface area (Å²) in [5.74, 6) is 0.860. The van der Waals surface area contributed by atoms with Crippen LogP contribution in [0, 0.1) is 0 Å². The fourth-order valence-corrected chi connectivity index (χ4v) is 3.78. The highest BCUT2D eigenvalue weighted by molar-refractivity contribution is 6.40. The highest BCUT2D eigenvalue weighted by Gasteiger charge is 2.15. The van der Waals surface area contributed by atoms with Crippen molar-refractivity contribution in [2.24, 2.45) is 0 Å². The van der Waals surface area contributed by atoms with E-state index in [0.29, 0.717) is 28.9 Å². The van der Waals surface area contributed by atoms with E-state index in [4.69, 9.17) is 44.0 Å². The molecule has 0 bridgehead atoms. The van der Waals surface area contributed by atoms with Gasteiger partial charge in [0.05, 0.1) is 16.6 Å². The second-order valence-electron chi connectivity index (χ2n) is 6.59. The van der Waals surface area contributed by atoms with Gasteiger partial charge in [-0.3, -0.25) is 9.48 Å². The molecule has 2 heterocycles. The van der Waals surface area contributed by atoms with Crippen molar-refractivity contribution in [1.82, 2.24) is 9.78 Å². The van der Waals surface area contributed by atoms with Crippen molar-refractivity contribution in [2.75, 3.05) is 5.32 Å². The number of nitrogens with zero attached hydrogens (tertiary/aromatic N) is 2. The van der Waals surface area contributed by atoms with Crippen LogP contribution in [0.2, 0.25) is 15.1 Å². The van der Waals surface area contributed by atoms with Crippen LogP contribution in [0.3, 0.4) is 0 Å². The third-order valence-electron chi connectivity index (χ3n) is 4.28. The summed E-state index contributed by atoms with van der Waals surface area (Å²) in [5.41, 5.74) is 1.11. The van der Waals surface area contributed by atoms with Gasteiger partial charge in [0.1, 0.15) is 12.4 Å². The molecular formula is C22H16Cl3N3O3. The summed E-state index contributed by atoms with van der Waals surface area (Å²) in [6.07, 6.45) is 1.80. The Morgan fingerprint density at radius 3 is 2.52 bits per heavy atom. The zero-order chi connectivity index (χ0) is 21.8. The molecule has 0 saturated heterocycles. The largest absolute Gasteiger partial charge is 0.483 e. The van der Waals surface area contributed by atoms with Crippen molar-refractivity contribution in [1.29, 1.82) is 0 Å². The quantitative estimate of drug-likeness (QED) is 0.339. The Bertz CT molecular complexity index is 1180. The SMILES string of the molecule is O=C(Nc1ccn(Cc2ccccc2)n1)c1ccc(COc2c(Cl)cc(Cl)cc2Cl)o1. The van der Waals surface area contributed by atoms with E-state index >= 15 is 0 Å². The lowest BCUT2D eigenvalue weighted by atomic mass is 10.2. The average Bonchev–Trinajstić information content (AvgIpc) is 3.38. The Hall–Kier alpha value is -2.93. The van der Waals surface area contributed by atoms with Crippen molar-refractivity contribution in [3.63, 3.8) is 0 Å². The van der Waals surface area contributed by atoms with Crippen molar-refractivity contribution >= 4 is 46.5 Å². The molecule has 0 aliphatic carbocycles. The number of rotatable bonds is 7. The van der Waals surface area contributed by atoms with Crippen LogP contribution in [-0.2, 0) is 13.2 Å². The molecule has 9 heteroatoms. The molecule has 0 fully saturated rings. The van der Waals surface area contributed by atoms with Gasteiger partial charge in [0.15, 0.2) is 17.3 Å².